The van der Waals surface area contributed by atoms with Gasteiger partial charge in [0.15, 0.2) is 0 Å². The Balaban J connectivity index is 2.00. The smallest absolute Gasteiger partial charge is 0.101 e. The Morgan fingerprint density at radius 3 is 2.33 bits per heavy atom. The van der Waals surface area contributed by atoms with Gasteiger partial charge in [-0.25, -0.2) is 4.89 Å². The van der Waals surface area contributed by atoms with Gasteiger partial charge in [0.05, 0.1) is 6.10 Å². The molecule has 0 aromatic heterocycles. The van der Waals surface area contributed by atoms with Gasteiger partial charge in [0.1, 0.15) is 5.60 Å². The summed E-state index contributed by atoms with van der Waals surface area (Å²) in [5.74, 6) is 0. The fraction of sp³-hybridized carbons (Fsp3) is 1.00. The zero-order valence-electron chi connectivity index (χ0n) is 9.95. The van der Waals surface area contributed by atoms with Crippen LogP contribution in [0.1, 0.15) is 59.3 Å². The van der Waals surface area contributed by atoms with Crippen LogP contribution in [0.2, 0.25) is 0 Å². The van der Waals surface area contributed by atoms with Crippen molar-refractivity contribution < 1.29 is 19.9 Å². The number of hydrogen-bond donors (Lipinski definition) is 0. The van der Waals surface area contributed by atoms with E-state index in [4.69, 9.17) is 9.78 Å². The van der Waals surface area contributed by atoms with Crippen molar-refractivity contribution in [3.63, 3.8) is 0 Å². The Morgan fingerprint density at radius 1 is 1.07 bits per heavy atom. The van der Waals surface area contributed by atoms with Crippen LogP contribution in [-0.4, -0.2) is 11.7 Å². The van der Waals surface area contributed by atoms with E-state index in [0.717, 1.165) is 19.3 Å². The van der Waals surface area contributed by atoms with Gasteiger partial charge in [-0.1, -0.05) is 26.2 Å². The van der Waals surface area contributed by atoms with Gasteiger partial charge in [0, 0.05) is 0 Å². The van der Waals surface area contributed by atoms with Crippen molar-refractivity contribution in [2.45, 2.75) is 71.0 Å². The molecule has 90 valence electrons. The lowest BCUT2D eigenvalue weighted by atomic mass is 9.98. The molecular weight excluding hydrogens is 196 g/mol. The SMILES string of the molecule is CCC(C)(C)OOOOC1CCCCC1. The average Bonchev–Trinajstić information content (AvgIpc) is 2.26. The van der Waals surface area contributed by atoms with Crippen molar-refractivity contribution >= 4 is 0 Å². The third-order valence-corrected chi connectivity index (χ3v) is 2.87. The molecule has 1 saturated carbocycles. The first-order valence-corrected chi connectivity index (χ1v) is 5.82. The quantitative estimate of drug-likeness (QED) is 0.389. The van der Waals surface area contributed by atoms with Gasteiger partial charge < -0.3 is 0 Å². The van der Waals surface area contributed by atoms with E-state index < -0.39 is 0 Å². The van der Waals surface area contributed by atoms with Crippen LogP contribution < -0.4 is 0 Å². The molecule has 0 amide bonds. The van der Waals surface area contributed by atoms with Crippen LogP contribution >= 0.6 is 0 Å². The standard InChI is InChI=1S/C11H22O4/c1-4-11(2,3)13-15-14-12-10-8-6-5-7-9-10/h10H,4-9H2,1-3H3. The van der Waals surface area contributed by atoms with E-state index in [1.54, 1.807) is 0 Å². The molecule has 4 heteroatoms. The van der Waals surface area contributed by atoms with E-state index in [1.807, 2.05) is 20.8 Å². The van der Waals surface area contributed by atoms with Gasteiger partial charge in [0.2, 0.25) is 0 Å². The maximum atomic E-state index is 5.08. The van der Waals surface area contributed by atoms with E-state index in [-0.39, 0.29) is 11.7 Å². The zero-order chi connectivity index (χ0) is 11.1. The van der Waals surface area contributed by atoms with Crippen LogP contribution in [0.25, 0.3) is 0 Å². The molecule has 0 aromatic carbocycles. The molecule has 0 radical (unpaired) electrons. The first kappa shape index (κ1) is 12.9. The second kappa shape index (κ2) is 6.43. The second-order valence-corrected chi connectivity index (χ2v) is 4.69. The van der Waals surface area contributed by atoms with Crippen LogP contribution in [0.15, 0.2) is 0 Å². The first-order chi connectivity index (χ1) is 7.14. The minimum absolute atomic E-state index is 0.159. The summed E-state index contributed by atoms with van der Waals surface area (Å²) in [6.07, 6.45) is 6.79. The highest BCUT2D eigenvalue weighted by molar-refractivity contribution is 4.63. The number of hydrogen-bond acceptors (Lipinski definition) is 4. The van der Waals surface area contributed by atoms with Crippen molar-refractivity contribution in [1.29, 1.82) is 0 Å². The maximum absolute atomic E-state index is 5.08. The highest BCUT2D eigenvalue weighted by Crippen LogP contribution is 2.21. The van der Waals surface area contributed by atoms with Crippen LogP contribution in [0.5, 0.6) is 0 Å². The second-order valence-electron chi connectivity index (χ2n) is 4.69. The van der Waals surface area contributed by atoms with Crippen LogP contribution in [0.4, 0.5) is 0 Å². The van der Waals surface area contributed by atoms with Gasteiger partial charge in [0.25, 0.3) is 0 Å². The molecule has 1 fully saturated rings. The summed E-state index contributed by atoms with van der Waals surface area (Å²) in [5, 5.41) is 9.16. The lowest BCUT2D eigenvalue weighted by Gasteiger charge is -2.22. The summed E-state index contributed by atoms with van der Waals surface area (Å²) in [5.41, 5.74) is -0.337. The first-order valence-electron chi connectivity index (χ1n) is 5.82. The molecule has 0 spiro atoms. The van der Waals surface area contributed by atoms with Crippen LogP contribution in [0, 0.1) is 0 Å². The Hall–Kier alpha value is -0.160. The monoisotopic (exact) mass is 218 g/mol. The minimum atomic E-state index is -0.337. The summed E-state index contributed by atoms with van der Waals surface area (Å²) < 4.78 is 0. The molecule has 0 N–H and O–H groups in total. The van der Waals surface area contributed by atoms with Gasteiger partial charge in [-0.2, -0.15) is 4.89 Å². The van der Waals surface area contributed by atoms with Crippen LogP contribution in [0.3, 0.4) is 0 Å². The van der Waals surface area contributed by atoms with E-state index in [9.17, 15) is 0 Å². The van der Waals surface area contributed by atoms with Crippen LogP contribution in [-0.2, 0) is 19.9 Å². The number of rotatable bonds is 6. The predicted octanol–water partition coefficient (Wildman–Crippen LogP) is 3.32. The Morgan fingerprint density at radius 2 is 1.73 bits per heavy atom. The van der Waals surface area contributed by atoms with Crippen molar-refractivity contribution in [2.75, 3.05) is 0 Å². The molecular formula is C11H22O4. The van der Waals surface area contributed by atoms with Crippen molar-refractivity contribution in [2.24, 2.45) is 0 Å². The van der Waals surface area contributed by atoms with Gasteiger partial charge in [-0.05, 0) is 43.2 Å². The summed E-state index contributed by atoms with van der Waals surface area (Å²) in [6, 6.07) is 0. The molecule has 0 saturated heterocycles. The Kier molecular flexibility index (Phi) is 5.53. The Labute approximate surface area is 91.6 Å². The van der Waals surface area contributed by atoms with Crippen molar-refractivity contribution in [3.8, 4) is 0 Å². The average molecular weight is 218 g/mol. The van der Waals surface area contributed by atoms with E-state index >= 15 is 0 Å². The molecule has 0 atom stereocenters. The molecule has 15 heavy (non-hydrogen) atoms. The minimum Gasteiger partial charge on any atom is -0.200 e. The maximum Gasteiger partial charge on any atom is 0.101 e. The molecule has 0 unspecified atom stereocenters. The highest BCUT2D eigenvalue weighted by atomic mass is 17.7. The van der Waals surface area contributed by atoms with Crippen molar-refractivity contribution in [3.05, 3.63) is 0 Å². The van der Waals surface area contributed by atoms with Crippen molar-refractivity contribution in [1.82, 2.24) is 0 Å². The normalized spacial score (nSPS) is 19.4. The summed E-state index contributed by atoms with van der Waals surface area (Å²) in [4.78, 5) is 10.1. The molecule has 0 bridgehead atoms. The Bertz CT molecular complexity index is 164. The fourth-order valence-corrected chi connectivity index (χ4v) is 1.40. The van der Waals surface area contributed by atoms with Gasteiger partial charge in [-0.3, -0.25) is 0 Å². The summed E-state index contributed by atoms with van der Waals surface area (Å²) >= 11 is 0. The summed E-state index contributed by atoms with van der Waals surface area (Å²) in [6.45, 7) is 5.87. The molecule has 0 heterocycles. The van der Waals surface area contributed by atoms with E-state index in [2.05, 4.69) is 10.1 Å². The fourth-order valence-electron chi connectivity index (χ4n) is 1.40. The molecule has 1 rings (SSSR count). The lowest BCUT2D eigenvalue weighted by molar-refractivity contribution is -0.657. The topological polar surface area (TPSA) is 36.9 Å². The van der Waals surface area contributed by atoms with E-state index in [1.165, 1.54) is 19.3 Å². The molecule has 4 nitrogen and oxygen atoms in total. The molecule has 1 aliphatic carbocycles. The van der Waals surface area contributed by atoms with E-state index in [0.29, 0.717) is 0 Å². The predicted molar refractivity (Wildman–Crippen MR) is 55.6 cm³/mol. The van der Waals surface area contributed by atoms with Gasteiger partial charge in [-0.15, -0.1) is 0 Å². The molecule has 1 aliphatic rings. The molecule has 0 aliphatic heterocycles. The highest BCUT2D eigenvalue weighted by Gasteiger charge is 2.19. The third kappa shape index (κ3) is 5.47. The zero-order valence-corrected chi connectivity index (χ0v) is 9.95. The molecule has 0 aromatic rings. The lowest BCUT2D eigenvalue weighted by Crippen LogP contribution is -2.24. The third-order valence-electron chi connectivity index (χ3n) is 2.87. The summed E-state index contributed by atoms with van der Waals surface area (Å²) in [7, 11) is 0. The van der Waals surface area contributed by atoms with Gasteiger partial charge >= 0.3 is 0 Å². The largest absolute Gasteiger partial charge is 0.200 e.